The van der Waals surface area contributed by atoms with Crippen LogP contribution in [-0.4, -0.2) is 24.0 Å². The van der Waals surface area contributed by atoms with Crippen molar-refractivity contribution in [1.29, 1.82) is 0 Å². The van der Waals surface area contributed by atoms with Gasteiger partial charge in [-0.25, -0.2) is 8.78 Å². The molecule has 3 saturated carbocycles. The summed E-state index contributed by atoms with van der Waals surface area (Å²) < 4.78 is 43.2. The van der Waals surface area contributed by atoms with Crippen LogP contribution in [0.1, 0.15) is 147 Å². The number of carbonyl (C=O) groups is 2. The van der Waals surface area contributed by atoms with Crippen LogP contribution in [0.4, 0.5) is 8.78 Å². The van der Waals surface area contributed by atoms with Crippen molar-refractivity contribution in [2.75, 3.05) is 0 Å². The van der Waals surface area contributed by atoms with Gasteiger partial charge in [0.25, 0.3) is 0 Å². The summed E-state index contributed by atoms with van der Waals surface area (Å²) >= 11 is 0. The Bertz CT molecular complexity index is 1760. The number of nitrogens with two attached hydrogens (primary N) is 2. The van der Waals surface area contributed by atoms with Gasteiger partial charge in [-0.15, -0.1) is 0 Å². The van der Waals surface area contributed by atoms with Gasteiger partial charge < -0.3 is 20.9 Å². The lowest BCUT2D eigenvalue weighted by atomic mass is 9.58. The molecule has 52 heavy (non-hydrogen) atoms. The zero-order valence-electron chi connectivity index (χ0n) is 32.3. The molecule has 0 aromatic heterocycles. The number of fused-ring (bicyclic) bond motifs is 7. The van der Waals surface area contributed by atoms with Gasteiger partial charge in [-0.05, 0) is 137 Å². The fourth-order valence-corrected chi connectivity index (χ4v) is 11.0. The van der Waals surface area contributed by atoms with Gasteiger partial charge in [-0.3, -0.25) is 9.59 Å². The number of benzene rings is 2. The van der Waals surface area contributed by atoms with Crippen LogP contribution in [0.15, 0.2) is 24.3 Å². The van der Waals surface area contributed by atoms with E-state index in [1.165, 1.54) is 25.0 Å². The highest BCUT2D eigenvalue weighted by Gasteiger charge is 2.65. The zero-order valence-corrected chi connectivity index (χ0v) is 32.3. The summed E-state index contributed by atoms with van der Waals surface area (Å²) in [6, 6.07) is 6.32. The molecule has 284 valence electrons. The fourth-order valence-electron chi connectivity index (χ4n) is 11.0. The van der Waals surface area contributed by atoms with E-state index < -0.39 is 22.8 Å². The molecule has 2 aromatic carbocycles. The summed E-state index contributed by atoms with van der Waals surface area (Å²) in [4.78, 5) is 27.1. The minimum Gasteiger partial charge on any atom is -0.426 e. The largest absolute Gasteiger partial charge is 0.426 e. The highest BCUT2D eigenvalue weighted by atomic mass is 19.1. The number of esters is 2. The van der Waals surface area contributed by atoms with Gasteiger partial charge in [0.1, 0.15) is 23.1 Å². The number of ether oxygens (including phenoxy) is 2. The van der Waals surface area contributed by atoms with Crippen LogP contribution in [0.5, 0.6) is 11.5 Å². The number of hydrogen-bond acceptors (Lipinski definition) is 6. The van der Waals surface area contributed by atoms with Gasteiger partial charge in [0.15, 0.2) is 0 Å². The minimum absolute atomic E-state index is 0.00920. The SMILES string of the molecule is CC(C)(CCCC(C)(C)C(=O)Oc1cc(F)c2c(c1)[C@@]1(C)CCCC[C@H]3CC3(C2)[C@@H]1N)C(=O)Oc1cc(F)c2c(c1)[C@@]1(C)CCCCC[C@@H](C2)[C@@H]1N. The van der Waals surface area contributed by atoms with Crippen LogP contribution in [0.2, 0.25) is 0 Å². The minimum atomic E-state index is -0.886. The lowest BCUT2D eigenvalue weighted by Gasteiger charge is -2.48. The lowest BCUT2D eigenvalue weighted by molar-refractivity contribution is -0.145. The van der Waals surface area contributed by atoms with Crippen LogP contribution < -0.4 is 20.9 Å². The number of halogens is 2. The molecule has 7 rings (SSSR count). The maximum atomic E-state index is 15.8. The Kier molecular flexibility index (Phi) is 9.50. The molecule has 0 radical (unpaired) electrons. The molecule has 4 bridgehead atoms. The first kappa shape index (κ1) is 37.5. The van der Waals surface area contributed by atoms with Crippen molar-refractivity contribution in [2.24, 2.45) is 39.5 Å². The van der Waals surface area contributed by atoms with Crippen LogP contribution in [0, 0.1) is 39.7 Å². The molecule has 0 saturated heterocycles. The maximum Gasteiger partial charge on any atom is 0.316 e. The molecule has 4 N–H and O–H groups in total. The Morgan fingerprint density at radius 3 is 1.94 bits per heavy atom. The second kappa shape index (κ2) is 13.2. The summed E-state index contributed by atoms with van der Waals surface area (Å²) in [5, 5.41) is 0. The molecule has 1 unspecified atom stereocenters. The van der Waals surface area contributed by atoms with E-state index >= 15 is 8.78 Å². The van der Waals surface area contributed by atoms with Crippen molar-refractivity contribution >= 4 is 11.9 Å². The van der Waals surface area contributed by atoms with Crippen molar-refractivity contribution in [3.63, 3.8) is 0 Å². The van der Waals surface area contributed by atoms with Crippen molar-refractivity contribution in [1.82, 2.24) is 0 Å². The highest BCUT2D eigenvalue weighted by molar-refractivity contribution is 5.79. The van der Waals surface area contributed by atoms with Gasteiger partial charge in [0.05, 0.1) is 10.8 Å². The van der Waals surface area contributed by atoms with Crippen molar-refractivity contribution in [3.8, 4) is 11.5 Å². The summed E-state index contributed by atoms with van der Waals surface area (Å²) in [7, 11) is 0. The maximum absolute atomic E-state index is 15.8. The standard InChI is InChI=1S/C44H60F2N2O4/c1-40(2,38(49)51-28-20-32-30(34(45)22-28)19-26-13-8-7-10-17-42(32,5)36(26)47)15-12-16-41(3,4)39(50)52-29-21-33-31(35(46)23-29)25-44-24-27(44)14-9-11-18-43(33,6)37(44)48/h20-23,26-27,36-37H,7-19,24-25,47-48H2,1-6H3/t26-,27-,36-,37+,42+,43+,44?/m0/s1. The van der Waals surface area contributed by atoms with Gasteiger partial charge >= 0.3 is 11.9 Å². The fraction of sp³-hybridized carbons (Fsp3) is 0.682. The van der Waals surface area contributed by atoms with Crippen LogP contribution >= 0.6 is 0 Å². The van der Waals surface area contributed by atoms with Gasteiger partial charge in [-0.2, -0.15) is 0 Å². The molecule has 6 nitrogen and oxygen atoms in total. The molecule has 3 fully saturated rings. The summed E-state index contributed by atoms with van der Waals surface area (Å²) in [5.74, 6) is -0.274. The van der Waals surface area contributed by atoms with E-state index in [0.29, 0.717) is 43.6 Å². The molecule has 7 atom stereocenters. The van der Waals surface area contributed by atoms with Crippen molar-refractivity contribution in [2.45, 2.75) is 161 Å². The van der Waals surface area contributed by atoms with E-state index in [9.17, 15) is 9.59 Å². The smallest absolute Gasteiger partial charge is 0.316 e. The number of rotatable bonds is 8. The molecule has 8 heteroatoms. The molecular weight excluding hydrogens is 658 g/mol. The predicted octanol–water partition coefficient (Wildman–Crippen LogP) is 9.14. The third-order valence-corrected chi connectivity index (χ3v) is 14.8. The van der Waals surface area contributed by atoms with E-state index in [-0.39, 0.29) is 57.4 Å². The Balaban J connectivity index is 0.992. The highest BCUT2D eigenvalue weighted by Crippen LogP contribution is 2.67. The second-order valence-electron chi connectivity index (χ2n) is 19.2. The van der Waals surface area contributed by atoms with E-state index in [1.54, 1.807) is 0 Å². The van der Waals surface area contributed by atoms with E-state index in [4.69, 9.17) is 20.9 Å². The molecule has 1 spiro atoms. The first-order chi connectivity index (χ1) is 24.4. The molecule has 0 amide bonds. The van der Waals surface area contributed by atoms with Crippen LogP contribution in [-0.2, 0) is 33.3 Å². The molecule has 0 heterocycles. The molecule has 0 aliphatic heterocycles. The molecule has 2 aromatic rings. The van der Waals surface area contributed by atoms with E-state index in [1.807, 2.05) is 39.8 Å². The molecule has 5 aliphatic rings. The van der Waals surface area contributed by atoms with Crippen LogP contribution in [0.3, 0.4) is 0 Å². The first-order valence-corrected chi connectivity index (χ1v) is 20.0. The number of carbonyl (C=O) groups excluding carboxylic acids is 2. The lowest BCUT2D eigenvalue weighted by Crippen LogP contribution is -2.55. The predicted molar refractivity (Wildman–Crippen MR) is 199 cm³/mol. The summed E-state index contributed by atoms with van der Waals surface area (Å²) in [5.41, 5.74) is 14.5. The third-order valence-electron chi connectivity index (χ3n) is 14.8. The first-order valence-electron chi connectivity index (χ1n) is 20.0. The van der Waals surface area contributed by atoms with Gasteiger partial charge in [0, 0.05) is 35.0 Å². The average Bonchev–Trinajstić information content (AvgIpc) is 3.77. The Morgan fingerprint density at radius 1 is 0.769 bits per heavy atom. The van der Waals surface area contributed by atoms with Crippen LogP contribution in [0.25, 0.3) is 0 Å². The Morgan fingerprint density at radius 2 is 1.31 bits per heavy atom. The van der Waals surface area contributed by atoms with Gasteiger partial charge in [0.2, 0.25) is 0 Å². The normalized spacial score (nSPS) is 32.5. The quantitative estimate of drug-likeness (QED) is 0.208. The monoisotopic (exact) mass is 718 g/mol. The summed E-state index contributed by atoms with van der Waals surface area (Å²) in [6.45, 7) is 11.6. The summed E-state index contributed by atoms with van der Waals surface area (Å²) in [6.07, 6.45) is 13.3. The Labute approximate surface area is 309 Å². The van der Waals surface area contributed by atoms with Crippen molar-refractivity contribution < 1.29 is 27.8 Å². The third kappa shape index (κ3) is 6.31. The molecular formula is C44H60F2N2O4. The zero-order chi connectivity index (χ0) is 37.4. The van der Waals surface area contributed by atoms with E-state index in [2.05, 4.69) is 13.8 Å². The number of hydrogen-bond donors (Lipinski definition) is 2. The topological polar surface area (TPSA) is 105 Å². The molecule has 5 aliphatic carbocycles. The van der Waals surface area contributed by atoms with Crippen molar-refractivity contribution in [3.05, 3.63) is 58.2 Å². The average molecular weight is 719 g/mol. The van der Waals surface area contributed by atoms with Gasteiger partial charge in [-0.1, -0.05) is 52.4 Å². The Hall–Kier alpha value is -2.84. The second-order valence-corrected chi connectivity index (χ2v) is 19.2. The van der Waals surface area contributed by atoms with E-state index in [0.717, 1.165) is 68.1 Å².